The van der Waals surface area contributed by atoms with Crippen LogP contribution in [0.15, 0.2) is 18.2 Å². The predicted octanol–water partition coefficient (Wildman–Crippen LogP) is 0.655. The summed E-state index contributed by atoms with van der Waals surface area (Å²) in [6.45, 7) is 0. The molecular formula is C11H14N2O2. The lowest BCUT2D eigenvalue weighted by Gasteiger charge is -2.10. The molecule has 0 fully saturated rings. The second-order valence-electron chi connectivity index (χ2n) is 3.69. The minimum atomic E-state index is -0.284. The number of nitrogens with one attached hydrogen (secondary N) is 1. The number of hydrogen-bond acceptors (Lipinski definition) is 3. The normalized spacial score (nSPS) is 16.0. The highest BCUT2D eigenvalue weighted by molar-refractivity contribution is 5.99. The number of carbonyl (C=O) groups is 1. The van der Waals surface area contributed by atoms with Crippen LogP contribution in [-0.4, -0.2) is 19.2 Å². The number of nitrogens with two attached hydrogens (primary N) is 1. The summed E-state index contributed by atoms with van der Waals surface area (Å²) in [4.78, 5) is 11.1. The number of carbonyl (C=O) groups excluding carboxylic acids is 1. The molecule has 4 nitrogen and oxygen atoms in total. The molecule has 1 amide bonds. The highest BCUT2D eigenvalue weighted by Crippen LogP contribution is 2.24. The molecule has 1 aromatic carbocycles. The van der Waals surface area contributed by atoms with Gasteiger partial charge in [0.05, 0.1) is 6.42 Å². The molecule has 2 rings (SSSR count). The lowest BCUT2D eigenvalue weighted by molar-refractivity contribution is -0.115. The van der Waals surface area contributed by atoms with Crippen LogP contribution in [0.1, 0.15) is 11.1 Å². The van der Waals surface area contributed by atoms with Crippen LogP contribution >= 0.6 is 0 Å². The maximum atomic E-state index is 11.1. The molecule has 4 heteroatoms. The molecule has 1 aliphatic heterocycles. The maximum absolute atomic E-state index is 11.1. The molecule has 0 aliphatic carbocycles. The summed E-state index contributed by atoms with van der Waals surface area (Å²) >= 11 is 0. The van der Waals surface area contributed by atoms with Gasteiger partial charge >= 0.3 is 0 Å². The van der Waals surface area contributed by atoms with Gasteiger partial charge in [-0.1, -0.05) is 12.1 Å². The van der Waals surface area contributed by atoms with E-state index in [1.807, 2.05) is 18.2 Å². The van der Waals surface area contributed by atoms with Crippen molar-refractivity contribution in [2.75, 3.05) is 12.4 Å². The topological polar surface area (TPSA) is 64.3 Å². The van der Waals surface area contributed by atoms with Gasteiger partial charge < -0.3 is 15.8 Å². The summed E-state index contributed by atoms with van der Waals surface area (Å²) in [5, 5.41) is 2.79. The van der Waals surface area contributed by atoms with E-state index < -0.39 is 0 Å². The Kier molecular flexibility index (Phi) is 2.70. The Morgan fingerprint density at radius 2 is 2.40 bits per heavy atom. The number of methoxy groups -OCH3 is 1. The van der Waals surface area contributed by atoms with Gasteiger partial charge in [0.1, 0.15) is 6.23 Å². The molecule has 1 atom stereocenters. The largest absolute Gasteiger partial charge is 0.366 e. The molecule has 1 unspecified atom stereocenters. The van der Waals surface area contributed by atoms with E-state index >= 15 is 0 Å². The molecule has 15 heavy (non-hydrogen) atoms. The molecule has 80 valence electrons. The van der Waals surface area contributed by atoms with Gasteiger partial charge in [0, 0.05) is 19.2 Å². The molecule has 0 saturated carbocycles. The van der Waals surface area contributed by atoms with Crippen molar-refractivity contribution in [1.29, 1.82) is 0 Å². The number of anilines is 1. The Labute approximate surface area is 88.4 Å². The van der Waals surface area contributed by atoms with Crippen molar-refractivity contribution < 1.29 is 9.53 Å². The highest BCUT2D eigenvalue weighted by atomic mass is 16.5. The zero-order valence-electron chi connectivity index (χ0n) is 8.62. The van der Waals surface area contributed by atoms with Crippen LogP contribution in [0.3, 0.4) is 0 Å². The fraction of sp³-hybridized carbons (Fsp3) is 0.364. The number of amides is 1. The molecule has 0 spiro atoms. The van der Waals surface area contributed by atoms with Gasteiger partial charge in [-0.15, -0.1) is 0 Å². The maximum Gasteiger partial charge on any atom is 0.228 e. The zero-order chi connectivity index (χ0) is 10.8. The van der Waals surface area contributed by atoms with Crippen molar-refractivity contribution in [2.24, 2.45) is 5.73 Å². The monoisotopic (exact) mass is 206 g/mol. The minimum absolute atomic E-state index is 0.0539. The van der Waals surface area contributed by atoms with Crippen molar-refractivity contribution in [3.63, 3.8) is 0 Å². The average Bonchev–Trinajstić information content (AvgIpc) is 2.57. The quantitative estimate of drug-likeness (QED) is 0.714. The minimum Gasteiger partial charge on any atom is -0.366 e. The molecule has 0 radical (unpaired) electrons. The Hall–Kier alpha value is -1.39. The van der Waals surface area contributed by atoms with Gasteiger partial charge in [-0.25, -0.2) is 0 Å². The number of benzene rings is 1. The Balaban J connectivity index is 2.16. The van der Waals surface area contributed by atoms with Crippen LogP contribution in [0.25, 0.3) is 0 Å². The van der Waals surface area contributed by atoms with Gasteiger partial charge in [0.15, 0.2) is 0 Å². The summed E-state index contributed by atoms with van der Waals surface area (Å²) in [6.07, 6.45) is 0.844. The van der Waals surface area contributed by atoms with Gasteiger partial charge in [-0.05, 0) is 17.2 Å². The summed E-state index contributed by atoms with van der Waals surface area (Å²) in [5.41, 5.74) is 8.72. The second-order valence-corrected chi connectivity index (χ2v) is 3.69. The first-order valence-electron chi connectivity index (χ1n) is 4.89. The van der Waals surface area contributed by atoms with E-state index in [4.69, 9.17) is 10.5 Å². The molecule has 1 heterocycles. The van der Waals surface area contributed by atoms with Crippen molar-refractivity contribution in [1.82, 2.24) is 0 Å². The summed E-state index contributed by atoms with van der Waals surface area (Å²) in [6, 6.07) is 5.88. The SMILES string of the molecule is COC(N)Cc1ccc2c(c1)CC(=O)N2. The number of rotatable bonds is 3. The molecule has 1 aromatic rings. The van der Waals surface area contributed by atoms with Crippen LogP contribution in [0.5, 0.6) is 0 Å². The second kappa shape index (κ2) is 4.00. The number of ether oxygens (including phenoxy) is 1. The van der Waals surface area contributed by atoms with E-state index in [9.17, 15) is 4.79 Å². The predicted molar refractivity (Wildman–Crippen MR) is 57.5 cm³/mol. The van der Waals surface area contributed by atoms with E-state index in [2.05, 4.69) is 5.32 Å². The van der Waals surface area contributed by atoms with E-state index in [1.54, 1.807) is 7.11 Å². The van der Waals surface area contributed by atoms with Gasteiger partial charge in [-0.2, -0.15) is 0 Å². The molecule has 3 N–H and O–H groups in total. The van der Waals surface area contributed by atoms with Crippen LogP contribution in [0.4, 0.5) is 5.69 Å². The number of hydrogen-bond donors (Lipinski definition) is 2. The lowest BCUT2D eigenvalue weighted by atomic mass is 10.1. The first-order valence-corrected chi connectivity index (χ1v) is 4.89. The average molecular weight is 206 g/mol. The lowest BCUT2D eigenvalue weighted by Crippen LogP contribution is -2.24. The van der Waals surface area contributed by atoms with Crippen molar-refractivity contribution >= 4 is 11.6 Å². The fourth-order valence-electron chi connectivity index (χ4n) is 1.73. The van der Waals surface area contributed by atoms with E-state index in [1.165, 1.54) is 0 Å². The van der Waals surface area contributed by atoms with Crippen LogP contribution in [0, 0.1) is 0 Å². The molecular weight excluding hydrogens is 192 g/mol. The van der Waals surface area contributed by atoms with Gasteiger partial charge in [0.2, 0.25) is 5.91 Å². The molecule has 0 bridgehead atoms. The van der Waals surface area contributed by atoms with Crippen molar-refractivity contribution in [3.05, 3.63) is 29.3 Å². The smallest absolute Gasteiger partial charge is 0.228 e. The first kappa shape index (κ1) is 10.1. The van der Waals surface area contributed by atoms with Crippen molar-refractivity contribution in [3.8, 4) is 0 Å². The van der Waals surface area contributed by atoms with E-state index in [0.717, 1.165) is 16.8 Å². The van der Waals surface area contributed by atoms with E-state index in [-0.39, 0.29) is 12.1 Å². The number of fused-ring (bicyclic) bond motifs is 1. The first-order chi connectivity index (χ1) is 7.19. The molecule has 0 saturated heterocycles. The third-order valence-corrected chi connectivity index (χ3v) is 2.53. The zero-order valence-corrected chi connectivity index (χ0v) is 8.62. The molecule has 1 aliphatic rings. The highest BCUT2D eigenvalue weighted by Gasteiger charge is 2.17. The standard InChI is InChI=1S/C11H14N2O2/c1-15-10(12)5-7-2-3-9-8(4-7)6-11(14)13-9/h2-4,10H,5-6,12H2,1H3,(H,13,14). The van der Waals surface area contributed by atoms with Gasteiger partial charge in [0.25, 0.3) is 0 Å². The Morgan fingerprint density at radius 1 is 1.60 bits per heavy atom. The molecule has 0 aromatic heterocycles. The third-order valence-electron chi connectivity index (χ3n) is 2.53. The summed E-state index contributed by atoms with van der Waals surface area (Å²) < 4.78 is 4.99. The summed E-state index contributed by atoms with van der Waals surface area (Å²) in [7, 11) is 1.59. The van der Waals surface area contributed by atoms with Gasteiger partial charge in [-0.3, -0.25) is 4.79 Å². The van der Waals surface area contributed by atoms with Crippen LogP contribution in [-0.2, 0) is 22.4 Å². The Morgan fingerprint density at radius 3 is 3.13 bits per heavy atom. The third kappa shape index (κ3) is 2.16. The van der Waals surface area contributed by atoms with Crippen molar-refractivity contribution in [2.45, 2.75) is 19.1 Å². The van der Waals surface area contributed by atoms with E-state index in [0.29, 0.717) is 12.8 Å². The van der Waals surface area contributed by atoms with Crippen LogP contribution in [0.2, 0.25) is 0 Å². The Bertz CT molecular complexity index is 390. The fourth-order valence-corrected chi connectivity index (χ4v) is 1.73. The summed E-state index contributed by atoms with van der Waals surface area (Å²) in [5.74, 6) is 0.0539. The van der Waals surface area contributed by atoms with Crippen LogP contribution < -0.4 is 11.1 Å².